The molecule has 25 heavy (non-hydrogen) atoms. The standard InChI is InChI=1S/C19H22BrNO4/c1-23-10-9-21(13-14-7-5-4-6-8-14)19(22)15-11-16(24-2)18(20)17(12-15)25-3/h4-8,11-12H,9-10,13H2,1-3H3. The molecule has 0 aliphatic heterocycles. The van der Waals surface area contributed by atoms with Crippen molar-refractivity contribution in [2.24, 2.45) is 0 Å². The van der Waals surface area contributed by atoms with Crippen molar-refractivity contribution in [2.45, 2.75) is 6.54 Å². The highest BCUT2D eigenvalue weighted by atomic mass is 79.9. The highest BCUT2D eigenvalue weighted by Crippen LogP contribution is 2.36. The molecule has 0 radical (unpaired) electrons. The molecule has 0 saturated carbocycles. The monoisotopic (exact) mass is 407 g/mol. The minimum atomic E-state index is -0.106. The van der Waals surface area contributed by atoms with Crippen LogP contribution in [0.4, 0.5) is 0 Å². The molecule has 0 saturated heterocycles. The van der Waals surface area contributed by atoms with Gasteiger partial charge in [-0.3, -0.25) is 4.79 Å². The molecule has 0 spiro atoms. The SMILES string of the molecule is COCCN(Cc1ccccc1)C(=O)c1cc(OC)c(Br)c(OC)c1. The molecule has 1 amide bonds. The fraction of sp³-hybridized carbons (Fsp3) is 0.316. The van der Waals surface area contributed by atoms with Gasteiger partial charge in [0.1, 0.15) is 16.0 Å². The summed E-state index contributed by atoms with van der Waals surface area (Å²) in [6.45, 7) is 1.46. The maximum atomic E-state index is 13.0. The van der Waals surface area contributed by atoms with E-state index in [9.17, 15) is 4.79 Å². The molecule has 2 aromatic rings. The molecule has 0 aliphatic rings. The van der Waals surface area contributed by atoms with Gasteiger partial charge in [0.05, 0.1) is 20.8 Å². The lowest BCUT2D eigenvalue weighted by molar-refractivity contribution is 0.0679. The molecular formula is C19H22BrNO4. The lowest BCUT2D eigenvalue weighted by atomic mass is 10.1. The van der Waals surface area contributed by atoms with Gasteiger partial charge >= 0.3 is 0 Å². The zero-order valence-corrected chi connectivity index (χ0v) is 16.2. The maximum absolute atomic E-state index is 13.0. The molecular weight excluding hydrogens is 386 g/mol. The molecule has 2 rings (SSSR count). The number of halogens is 1. The van der Waals surface area contributed by atoms with Crippen molar-refractivity contribution in [3.63, 3.8) is 0 Å². The van der Waals surface area contributed by atoms with Crippen LogP contribution < -0.4 is 9.47 Å². The first kappa shape index (κ1) is 19.3. The Morgan fingerprint density at radius 1 is 1.04 bits per heavy atom. The van der Waals surface area contributed by atoms with Crippen LogP contribution >= 0.6 is 15.9 Å². The van der Waals surface area contributed by atoms with Crippen LogP contribution in [0.3, 0.4) is 0 Å². The van der Waals surface area contributed by atoms with Gasteiger partial charge < -0.3 is 19.1 Å². The predicted molar refractivity (Wildman–Crippen MR) is 100 cm³/mol. The lowest BCUT2D eigenvalue weighted by Gasteiger charge is -2.23. The summed E-state index contributed by atoms with van der Waals surface area (Å²) < 4.78 is 16.5. The van der Waals surface area contributed by atoms with Crippen molar-refractivity contribution in [2.75, 3.05) is 34.5 Å². The fourth-order valence-corrected chi connectivity index (χ4v) is 2.99. The first-order valence-corrected chi connectivity index (χ1v) is 8.63. The third-order valence-corrected chi connectivity index (χ3v) is 4.54. The van der Waals surface area contributed by atoms with E-state index < -0.39 is 0 Å². The molecule has 0 atom stereocenters. The molecule has 5 nitrogen and oxygen atoms in total. The Morgan fingerprint density at radius 3 is 2.16 bits per heavy atom. The Kier molecular flexibility index (Phi) is 7.28. The van der Waals surface area contributed by atoms with Crippen LogP contribution in [0.15, 0.2) is 46.9 Å². The smallest absolute Gasteiger partial charge is 0.254 e. The van der Waals surface area contributed by atoms with Crippen molar-refractivity contribution in [3.8, 4) is 11.5 Å². The maximum Gasteiger partial charge on any atom is 0.254 e. The normalized spacial score (nSPS) is 10.4. The van der Waals surface area contributed by atoms with Gasteiger partial charge in [-0.25, -0.2) is 0 Å². The van der Waals surface area contributed by atoms with Gasteiger partial charge in [-0.1, -0.05) is 30.3 Å². The topological polar surface area (TPSA) is 48.0 Å². The minimum absolute atomic E-state index is 0.106. The quantitative estimate of drug-likeness (QED) is 0.668. The number of ether oxygens (including phenoxy) is 3. The van der Waals surface area contributed by atoms with Gasteiger partial charge in [-0.15, -0.1) is 0 Å². The third kappa shape index (κ3) is 4.96. The summed E-state index contributed by atoms with van der Waals surface area (Å²) in [5.74, 6) is 0.994. The second kappa shape index (κ2) is 9.44. The number of methoxy groups -OCH3 is 3. The first-order chi connectivity index (χ1) is 12.1. The van der Waals surface area contributed by atoms with E-state index in [1.165, 1.54) is 0 Å². The molecule has 0 aliphatic carbocycles. The largest absolute Gasteiger partial charge is 0.495 e. The Morgan fingerprint density at radius 2 is 1.64 bits per heavy atom. The van der Waals surface area contributed by atoms with Gasteiger partial charge in [0, 0.05) is 25.8 Å². The molecule has 2 aromatic carbocycles. The van der Waals surface area contributed by atoms with Crippen LogP contribution in [0.5, 0.6) is 11.5 Å². The Hall–Kier alpha value is -2.05. The zero-order valence-electron chi connectivity index (χ0n) is 14.6. The molecule has 0 heterocycles. The molecule has 0 unspecified atom stereocenters. The van der Waals surface area contributed by atoms with E-state index in [4.69, 9.17) is 14.2 Å². The Bertz CT molecular complexity index is 681. The van der Waals surface area contributed by atoms with Crippen LogP contribution in [0.1, 0.15) is 15.9 Å². The van der Waals surface area contributed by atoms with E-state index in [2.05, 4.69) is 15.9 Å². The Balaban J connectivity index is 2.32. The van der Waals surface area contributed by atoms with Crippen LogP contribution in [0.25, 0.3) is 0 Å². The van der Waals surface area contributed by atoms with E-state index in [-0.39, 0.29) is 5.91 Å². The predicted octanol–water partition coefficient (Wildman–Crippen LogP) is 3.76. The van der Waals surface area contributed by atoms with Gasteiger partial charge in [0.25, 0.3) is 5.91 Å². The van der Waals surface area contributed by atoms with Gasteiger partial charge in [-0.05, 0) is 33.6 Å². The molecule has 6 heteroatoms. The molecule has 0 aromatic heterocycles. The second-order valence-electron chi connectivity index (χ2n) is 5.40. The zero-order chi connectivity index (χ0) is 18.2. The van der Waals surface area contributed by atoms with Crippen LogP contribution in [0.2, 0.25) is 0 Å². The van der Waals surface area contributed by atoms with Gasteiger partial charge in [0.2, 0.25) is 0 Å². The number of amides is 1. The Labute approximate surface area is 156 Å². The molecule has 134 valence electrons. The van der Waals surface area contributed by atoms with E-state index >= 15 is 0 Å². The van der Waals surface area contributed by atoms with E-state index in [0.717, 1.165) is 5.56 Å². The average Bonchev–Trinajstić information content (AvgIpc) is 2.65. The van der Waals surface area contributed by atoms with Crippen LogP contribution in [0, 0.1) is 0 Å². The minimum Gasteiger partial charge on any atom is -0.495 e. The summed E-state index contributed by atoms with van der Waals surface area (Å²) in [6, 6.07) is 13.3. The van der Waals surface area contributed by atoms with Crippen molar-refractivity contribution in [1.29, 1.82) is 0 Å². The number of hydrogen-bond acceptors (Lipinski definition) is 4. The highest BCUT2D eigenvalue weighted by Gasteiger charge is 2.20. The summed E-state index contributed by atoms with van der Waals surface area (Å²) >= 11 is 3.42. The summed E-state index contributed by atoms with van der Waals surface area (Å²) in [5, 5.41) is 0. The van der Waals surface area contributed by atoms with Crippen molar-refractivity contribution in [1.82, 2.24) is 4.90 Å². The summed E-state index contributed by atoms with van der Waals surface area (Å²) in [5.41, 5.74) is 1.56. The molecule has 0 bridgehead atoms. The van der Waals surface area contributed by atoms with E-state index in [0.29, 0.717) is 41.2 Å². The van der Waals surface area contributed by atoms with Crippen LogP contribution in [-0.2, 0) is 11.3 Å². The third-order valence-electron chi connectivity index (χ3n) is 3.76. The average molecular weight is 408 g/mol. The van der Waals surface area contributed by atoms with Crippen LogP contribution in [-0.4, -0.2) is 45.3 Å². The fourth-order valence-electron chi connectivity index (χ4n) is 2.43. The van der Waals surface area contributed by atoms with Crippen molar-refractivity contribution in [3.05, 3.63) is 58.1 Å². The molecule has 0 N–H and O–H groups in total. The summed E-state index contributed by atoms with van der Waals surface area (Å²) in [7, 11) is 4.73. The van der Waals surface area contributed by atoms with Gasteiger partial charge in [0.15, 0.2) is 0 Å². The number of carbonyl (C=O) groups is 1. The lowest BCUT2D eigenvalue weighted by Crippen LogP contribution is -2.33. The van der Waals surface area contributed by atoms with Crippen molar-refractivity contribution < 1.29 is 19.0 Å². The van der Waals surface area contributed by atoms with E-state index in [1.54, 1.807) is 38.4 Å². The number of carbonyl (C=O) groups excluding carboxylic acids is 1. The number of hydrogen-bond donors (Lipinski definition) is 0. The molecule has 0 fully saturated rings. The summed E-state index contributed by atoms with van der Waals surface area (Å²) in [4.78, 5) is 14.8. The number of nitrogens with zero attached hydrogens (tertiary/aromatic N) is 1. The first-order valence-electron chi connectivity index (χ1n) is 7.84. The second-order valence-corrected chi connectivity index (χ2v) is 6.19. The number of benzene rings is 2. The van der Waals surface area contributed by atoms with E-state index in [1.807, 2.05) is 30.3 Å². The summed E-state index contributed by atoms with van der Waals surface area (Å²) in [6.07, 6.45) is 0. The van der Waals surface area contributed by atoms with Crippen molar-refractivity contribution >= 4 is 21.8 Å². The number of rotatable bonds is 8. The highest BCUT2D eigenvalue weighted by molar-refractivity contribution is 9.10. The van der Waals surface area contributed by atoms with Gasteiger partial charge in [-0.2, -0.15) is 0 Å².